The normalized spacial score (nSPS) is 10.8. The molecule has 0 atom stereocenters. The molecule has 4 heteroatoms. The Morgan fingerprint density at radius 3 is 1.40 bits per heavy atom. The smallest absolute Gasteiger partial charge is 1.00 e. The summed E-state index contributed by atoms with van der Waals surface area (Å²) in [7, 11) is 0. The van der Waals surface area contributed by atoms with Crippen molar-refractivity contribution in [3.05, 3.63) is 0 Å². The first-order valence-corrected chi connectivity index (χ1v) is 3.07. The molecule has 0 saturated carbocycles. The van der Waals surface area contributed by atoms with Crippen LogP contribution in [0.5, 0.6) is 0 Å². The first kappa shape index (κ1) is 13.7. The maximum Gasteiger partial charge on any atom is 2.00 e. The molecule has 0 aliphatic carbocycles. The first-order chi connectivity index (χ1) is 4.24. The molecule has 0 saturated heterocycles. The monoisotopic (exact) mass is 176 g/mol. The van der Waals surface area contributed by atoms with Gasteiger partial charge in [-0.05, 0) is 6.42 Å². The number of hydrogen-bond donors (Lipinski definition) is 3. The molecule has 0 fully saturated rings. The predicted octanol–water partition coefficient (Wildman–Crippen LogP) is -0.796. The molecule has 3 N–H and O–H groups in total. The molecular weight excluding hydrogens is 160 g/mol. The Kier molecular flexibility index (Phi) is 9.36. The Morgan fingerprint density at radius 1 is 1.10 bits per heavy atom. The summed E-state index contributed by atoms with van der Waals surface area (Å²) >= 11 is 0. The number of aliphatic hydroxyl groups excluding tert-OH is 3. The minimum absolute atomic E-state index is 0. The molecule has 0 bridgehead atoms. The van der Waals surface area contributed by atoms with Crippen LogP contribution >= 0.6 is 0 Å². The summed E-state index contributed by atoms with van der Waals surface area (Å²) < 4.78 is 0. The van der Waals surface area contributed by atoms with E-state index in [0.29, 0.717) is 6.42 Å². The molecule has 0 aromatic rings. The van der Waals surface area contributed by atoms with Crippen LogP contribution in [0.4, 0.5) is 0 Å². The molecule has 3 nitrogen and oxygen atoms in total. The predicted molar refractivity (Wildman–Crippen MR) is 42.0 cm³/mol. The maximum atomic E-state index is 8.66. The van der Waals surface area contributed by atoms with Gasteiger partial charge in [-0.1, -0.05) is 6.92 Å². The Hall–Kier alpha value is 1.14. The van der Waals surface area contributed by atoms with Crippen molar-refractivity contribution >= 4 is 37.7 Å². The molecule has 0 heterocycles. The van der Waals surface area contributed by atoms with Gasteiger partial charge in [-0.2, -0.15) is 0 Å². The SMILES string of the molecule is CCC(CO)(CO)CO.[Ca+2].[H-].[H-]. The number of aliphatic hydroxyl groups is 3. The standard InChI is InChI=1S/C6H14O3.Ca.2H/c1-2-6(3-7,4-8)5-9;;;/h7-9H,2-5H2,1H3;;;/q;+2;2*-1. The summed E-state index contributed by atoms with van der Waals surface area (Å²) in [5.41, 5.74) is -0.667. The largest absolute Gasteiger partial charge is 2.00 e. The average Bonchev–Trinajstić information content (AvgIpc) is 1.95. The van der Waals surface area contributed by atoms with Crippen LogP contribution in [0.1, 0.15) is 16.2 Å². The van der Waals surface area contributed by atoms with E-state index in [1.54, 1.807) is 0 Å². The molecule has 0 radical (unpaired) electrons. The quantitative estimate of drug-likeness (QED) is 0.492. The van der Waals surface area contributed by atoms with Gasteiger partial charge in [-0.15, -0.1) is 0 Å². The van der Waals surface area contributed by atoms with E-state index in [-0.39, 0.29) is 60.4 Å². The van der Waals surface area contributed by atoms with Crippen LogP contribution < -0.4 is 0 Å². The zero-order valence-corrected chi connectivity index (χ0v) is 8.59. The van der Waals surface area contributed by atoms with Crippen molar-refractivity contribution in [2.75, 3.05) is 19.8 Å². The van der Waals surface area contributed by atoms with Crippen LogP contribution in [0.15, 0.2) is 0 Å². The third kappa shape index (κ3) is 3.51. The van der Waals surface area contributed by atoms with Gasteiger partial charge in [0.1, 0.15) is 0 Å². The van der Waals surface area contributed by atoms with Crippen molar-refractivity contribution in [2.24, 2.45) is 5.41 Å². The van der Waals surface area contributed by atoms with Crippen molar-refractivity contribution in [2.45, 2.75) is 13.3 Å². The summed E-state index contributed by atoms with van der Waals surface area (Å²) in [5, 5.41) is 26.0. The molecule has 10 heavy (non-hydrogen) atoms. The van der Waals surface area contributed by atoms with Crippen molar-refractivity contribution in [3.8, 4) is 0 Å². The average molecular weight is 176 g/mol. The van der Waals surface area contributed by atoms with Gasteiger partial charge in [0, 0.05) is 5.41 Å². The number of rotatable bonds is 4. The Morgan fingerprint density at radius 2 is 1.40 bits per heavy atom. The number of hydrogen-bond acceptors (Lipinski definition) is 3. The molecule has 0 aliphatic heterocycles. The zero-order chi connectivity index (χ0) is 7.33. The Bertz CT molecular complexity index is 63.7. The first-order valence-electron chi connectivity index (χ1n) is 3.07. The van der Waals surface area contributed by atoms with E-state index in [9.17, 15) is 0 Å². The van der Waals surface area contributed by atoms with E-state index in [1.165, 1.54) is 0 Å². The van der Waals surface area contributed by atoms with Crippen molar-refractivity contribution in [1.29, 1.82) is 0 Å². The van der Waals surface area contributed by atoms with Crippen molar-refractivity contribution < 1.29 is 18.2 Å². The molecule has 0 spiro atoms. The van der Waals surface area contributed by atoms with Gasteiger partial charge >= 0.3 is 37.7 Å². The Labute approximate surface area is 94.0 Å². The summed E-state index contributed by atoms with van der Waals surface area (Å²) in [5.74, 6) is 0. The van der Waals surface area contributed by atoms with Crippen LogP contribution in [0.25, 0.3) is 0 Å². The van der Waals surface area contributed by atoms with Gasteiger partial charge in [-0.25, -0.2) is 0 Å². The van der Waals surface area contributed by atoms with Crippen LogP contribution in [-0.2, 0) is 0 Å². The summed E-state index contributed by atoms with van der Waals surface area (Å²) in [4.78, 5) is 0. The Balaban J connectivity index is -0.000000107. The maximum absolute atomic E-state index is 8.66. The molecule has 0 unspecified atom stereocenters. The molecule has 0 aliphatic rings. The van der Waals surface area contributed by atoms with E-state index in [4.69, 9.17) is 15.3 Å². The van der Waals surface area contributed by atoms with Crippen LogP contribution in [0, 0.1) is 5.41 Å². The minimum atomic E-state index is -0.667. The van der Waals surface area contributed by atoms with Crippen LogP contribution in [0.3, 0.4) is 0 Å². The van der Waals surface area contributed by atoms with Crippen molar-refractivity contribution in [3.63, 3.8) is 0 Å². The van der Waals surface area contributed by atoms with E-state index in [1.807, 2.05) is 6.92 Å². The van der Waals surface area contributed by atoms with E-state index in [0.717, 1.165) is 0 Å². The fourth-order valence-electron chi connectivity index (χ4n) is 0.485. The van der Waals surface area contributed by atoms with Gasteiger partial charge in [0.25, 0.3) is 0 Å². The van der Waals surface area contributed by atoms with Gasteiger partial charge < -0.3 is 18.2 Å². The molecule has 0 amide bonds. The third-order valence-corrected chi connectivity index (χ3v) is 1.76. The third-order valence-electron chi connectivity index (χ3n) is 1.76. The topological polar surface area (TPSA) is 60.7 Å². The van der Waals surface area contributed by atoms with E-state index in [2.05, 4.69) is 0 Å². The molecule has 0 aromatic carbocycles. The fraction of sp³-hybridized carbons (Fsp3) is 1.00. The molecule has 0 aromatic heterocycles. The van der Waals surface area contributed by atoms with Gasteiger partial charge in [0.15, 0.2) is 0 Å². The second-order valence-electron chi connectivity index (χ2n) is 2.33. The molecule has 60 valence electrons. The van der Waals surface area contributed by atoms with Crippen LogP contribution in [0.2, 0.25) is 0 Å². The van der Waals surface area contributed by atoms with Crippen molar-refractivity contribution in [1.82, 2.24) is 0 Å². The second-order valence-corrected chi connectivity index (χ2v) is 2.33. The summed E-state index contributed by atoms with van der Waals surface area (Å²) in [6, 6.07) is 0. The summed E-state index contributed by atoms with van der Waals surface area (Å²) in [6.45, 7) is 1.35. The van der Waals surface area contributed by atoms with Gasteiger partial charge in [0.2, 0.25) is 0 Å². The molecular formula is C6H16CaO3. The molecule has 0 rings (SSSR count). The zero-order valence-electron chi connectivity index (χ0n) is 8.38. The second kappa shape index (κ2) is 6.83. The van der Waals surface area contributed by atoms with E-state index >= 15 is 0 Å². The fourth-order valence-corrected chi connectivity index (χ4v) is 0.485. The minimum Gasteiger partial charge on any atom is -1.00 e. The van der Waals surface area contributed by atoms with Crippen LogP contribution in [-0.4, -0.2) is 72.9 Å². The van der Waals surface area contributed by atoms with Gasteiger partial charge in [-0.3, -0.25) is 0 Å². The summed E-state index contributed by atoms with van der Waals surface area (Å²) in [6.07, 6.45) is 0.594. The van der Waals surface area contributed by atoms with E-state index < -0.39 is 5.41 Å². The van der Waals surface area contributed by atoms with Gasteiger partial charge in [0.05, 0.1) is 19.8 Å².